The van der Waals surface area contributed by atoms with Gasteiger partial charge in [0.15, 0.2) is 0 Å². The van der Waals surface area contributed by atoms with E-state index in [-0.39, 0.29) is 5.75 Å². The predicted molar refractivity (Wildman–Crippen MR) is 60.1 cm³/mol. The second kappa shape index (κ2) is 6.27. The van der Waals surface area contributed by atoms with Gasteiger partial charge in [-0.25, -0.2) is 0 Å². The van der Waals surface area contributed by atoms with Crippen LogP contribution in [0.1, 0.15) is 0 Å². The SMILES string of the molecule is CN(C)CCNc1ccccc1OC(F)F. The zero-order valence-corrected chi connectivity index (χ0v) is 9.41. The first-order valence-corrected chi connectivity index (χ1v) is 5.02. The first-order chi connectivity index (χ1) is 7.59. The van der Waals surface area contributed by atoms with Gasteiger partial charge in [-0.3, -0.25) is 0 Å². The van der Waals surface area contributed by atoms with E-state index in [0.29, 0.717) is 12.2 Å². The van der Waals surface area contributed by atoms with Gasteiger partial charge in [0.25, 0.3) is 0 Å². The molecule has 0 amide bonds. The maximum absolute atomic E-state index is 12.1. The van der Waals surface area contributed by atoms with Crippen molar-refractivity contribution in [2.24, 2.45) is 0 Å². The van der Waals surface area contributed by atoms with Crippen molar-refractivity contribution in [3.8, 4) is 5.75 Å². The first-order valence-electron chi connectivity index (χ1n) is 5.02. The van der Waals surface area contributed by atoms with Crippen LogP contribution < -0.4 is 10.1 Å². The van der Waals surface area contributed by atoms with E-state index in [1.165, 1.54) is 6.07 Å². The molecule has 0 aromatic heterocycles. The van der Waals surface area contributed by atoms with Crippen molar-refractivity contribution in [2.45, 2.75) is 6.61 Å². The predicted octanol–water partition coefficient (Wildman–Crippen LogP) is 2.26. The lowest BCUT2D eigenvalue weighted by atomic mass is 10.3. The molecule has 0 bridgehead atoms. The van der Waals surface area contributed by atoms with Gasteiger partial charge >= 0.3 is 6.61 Å². The van der Waals surface area contributed by atoms with E-state index < -0.39 is 6.61 Å². The molecule has 0 aliphatic carbocycles. The summed E-state index contributed by atoms with van der Waals surface area (Å²) in [7, 11) is 3.90. The summed E-state index contributed by atoms with van der Waals surface area (Å²) in [4.78, 5) is 2.00. The van der Waals surface area contributed by atoms with Gasteiger partial charge in [-0.15, -0.1) is 0 Å². The molecule has 0 spiro atoms. The average molecular weight is 230 g/mol. The molecule has 1 aromatic rings. The number of halogens is 2. The number of ether oxygens (including phenoxy) is 1. The van der Waals surface area contributed by atoms with E-state index in [9.17, 15) is 8.78 Å². The van der Waals surface area contributed by atoms with Gasteiger partial charge in [-0.1, -0.05) is 12.1 Å². The lowest BCUT2D eigenvalue weighted by Crippen LogP contribution is -2.21. The zero-order valence-electron chi connectivity index (χ0n) is 9.41. The Morgan fingerprint density at radius 3 is 2.62 bits per heavy atom. The number of hydrogen-bond acceptors (Lipinski definition) is 3. The minimum Gasteiger partial charge on any atom is -0.433 e. The molecule has 0 saturated heterocycles. The van der Waals surface area contributed by atoms with Crippen molar-refractivity contribution in [3.05, 3.63) is 24.3 Å². The lowest BCUT2D eigenvalue weighted by Gasteiger charge is -2.14. The zero-order chi connectivity index (χ0) is 12.0. The van der Waals surface area contributed by atoms with Crippen LogP contribution in [0.4, 0.5) is 14.5 Å². The summed E-state index contributed by atoms with van der Waals surface area (Å²) in [5.74, 6) is 0.177. The molecule has 90 valence electrons. The highest BCUT2D eigenvalue weighted by molar-refractivity contribution is 5.56. The minimum absolute atomic E-state index is 0.177. The summed E-state index contributed by atoms with van der Waals surface area (Å²) in [5, 5.41) is 3.05. The second-order valence-corrected chi connectivity index (χ2v) is 3.60. The lowest BCUT2D eigenvalue weighted by molar-refractivity contribution is -0.0493. The molecule has 0 aliphatic heterocycles. The van der Waals surface area contributed by atoms with E-state index in [1.54, 1.807) is 18.2 Å². The molecule has 0 unspecified atom stereocenters. The topological polar surface area (TPSA) is 24.5 Å². The highest BCUT2D eigenvalue weighted by atomic mass is 19.3. The van der Waals surface area contributed by atoms with E-state index in [0.717, 1.165) is 6.54 Å². The van der Waals surface area contributed by atoms with Crippen LogP contribution in [-0.2, 0) is 0 Å². The Kier molecular flexibility index (Phi) is 4.98. The fraction of sp³-hybridized carbons (Fsp3) is 0.455. The summed E-state index contributed by atoms with van der Waals surface area (Å²) in [5.41, 5.74) is 0.588. The summed E-state index contributed by atoms with van der Waals surface area (Å²) < 4.78 is 28.6. The second-order valence-electron chi connectivity index (χ2n) is 3.60. The van der Waals surface area contributed by atoms with E-state index >= 15 is 0 Å². The Bertz CT molecular complexity index is 319. The number of likely N-dealkylation sites (N-methyl/N-ethyl adjacent to an activating group) is 1. The van der Waals surface area contributed by atoms with Gasteiger partial charge in [0.1, 0.15) is 5.75 Å². The average Bonchev–Trinajstić information content (AvgIpc) is 2.19. The first kappa shape index (κ1) is 12.7. The van der Waals surface area contributed by atoms with Crippen molar-refractivity contribution in [3.63, 3.8) is 0 Å². The minimum atomic E-state index is -2.79. The Morgan fingerprint density at radius 2 is 2.00 bits per heavy atom. The monoisotopic (exact) mass is 230 g/mol. The molecule has 0 heterocycles. The fourth-order valence-electron chi connectivity index (χ4n) is 1.23. The highest BCUT2D eigenvalue weighted by Crippen LogP contribution is 2.24. The van der Waals surface area contributed by atoms with Gasteiger partial charge in [0.05, 0.1) is 5.69 Å². The number of rotatable bonds is 6. The van der Waals surface area contributed by atoms with Crippen molar-refractivity contribution < 1.29 is 13.5 Å². The molecule has 0 fully saturated rings. The van der Waals surface area contributed by atoms with E-state index in [2.05, 4.69) is 10.1 Å². The van der Waals surface area contributed by atoms with Gasteiger partial charge in [0, 0.05) is 13.1 Å². The number of nitrogens with zero attached hydrogens (tertiary/aromatic N) is 1. The number of hydrogen-bond donors (Lipinski definition) is 1. The number of nitrogens with one attached hydrogen (secondary N) is 1. The van der Waals surface area contributed by atoms with Crippen LogP contribution in [0.2, 0.25) is 0 Å². The number of benzene rings is 1. The molecule has 5 heteroatoms. The van der Waals surface area contributed by atoms with Crippen LogP contribution in [0.15, 0.2) is 24.3 Å². The Labute approximate surface area is 94.0 Å². The van der Waals surface area contributed by atoms with Crippen LogP contribution in [0.5, 0.6) is 5.75 Å². The van der Waals surface area contributed by atoms with Crippen molar-refractivity contribution >= 4 is 5.69 Å². The van der Waals surface area contributed by atoms with Crippen molar-refractivity contribution in [1.82, 2.24) is 4.90 Å². The summed E-state index contributed by atoms with van der Waals surface area (Å²) in [6.07, 6.45) is 0. The molecule has 3 nitrogen and oxygen atoms in total. The molecule has 1 N–H and O–H groups in total. The number of alkyl halides is 2. The number of anilines is 1. The smallest absolute Gasteiger partial charge is 0.387 e. The molecule has 0 radical (unpaired) electrons. The molecule has 0 aliphatic rings. The summed E-state index contributed by atoms with van der Waals surface area (Å²) >= 11 is 0. The Balaban J connectivity index is 2.56. The summed E-state index contributed by atoms with van der Waals surface area (Å²) in [6, 6.07) is 6.67. The highest BCUT2D eigenvalue weighted by Gasteiger charge is 2.08. The maximum Gasteiger partial charge on any atom is 0.387 e. The van der Waals surface area contributed by atoms with Gasteiger partial charge in [-0.2, -0.15) is 8.78 Å². The van der Waals surface area contributed by atoms with Crippen LogP contribution >= 0.6 is 0 Å². The Morgan fingerprint density at radius 1 is 1.31 bits per heavy atom. The molecular weight excluding hydrogens is 214 g/mol. The standard InChI is InChI=1S/C11H16F2N2O/c1-15(2)8-7-14-9-5-3-4-6-10(9)16-11(12)13/h3-6,11,14H,7-8H2,1-2H3. The molecule has 16 heavy (non-hydrogen) atoms. The quantitative estimate of drug-likeness (QED) is 0.811. The molecule has 0 saturated carbocycles. The molecule has 1 rings (SSSR count). The molecule has 1 aromatic carbocycles. The third-order valence-electron chi connectivity index (χ3n) is 1.98. The summed E-state index contributed by atoms with van der Waals surface area (Å²) in [6.45, 7) is -1.30. The van der Waals surface area contributed by atoms with Crippen LogP contribution in [0.3, 0.4) is 0 Å². The maximum atomic E-state index is 12.1. The number of para-hydroxylation sites is 2. The normalized spacial score (nSPS) is 10.9. The van der Waals surface area contributed by atoms with E-state index in [1.807, 2.05) is 19.0 Å². The largest absolute Gasteiger partial charge is 0.433 e. The molecular formula is C11H16F2N2O. The van der Waals surface area contributed by atoms with Crippen molar-refractivity contribution in [2.75, 3.05) is 32.5 Å². The Hall–Kier alpha value is -1.36. The van der Waals surface area contributed by atoms with E-state index in [4.69, 9.17) is 0 Å². The van der Waals surface area contributed by atoms with Crippen LogP contribution in [0, 0.1) is 0 Å². The van der Waals surface area contributed by atoms with Gasteiger partial charge < -0.3 is 15.0 Å². The molecule has 0 atom stereocenters. The van der Waals surface area contributed by atoms with Crippen molar-refractivity contribution in [1.29, 1.82) is 0 Å². The third-order valence-corrected chi connectivity index (χ3v) is 1.98. The fourth-order valence-corrected chi connectivity index (χ4v) is 1.23. The van der Waals surface area contributed by atoms with Crippen LogP contribution in [-0.4, -0.2) is 38.7 Å². The van der Waals surface area contributed by atoms with Gasteiger partial charge in [-0.05, 0) is 26.2 Å². The van der Waals surface area contributed by atoms with Crippen LogP contribution in [0.25, 0.3) is 0 Å². The van der Waals surface area contributed by atoms with Gasteiger partial charge in [0.2, 0.25) is 0 Å². The third kappa shape index (κ3) is 4.44.